The van der Waals surface area contributed by atoms with E-state index >= 15 is 0 Å². The molecular weight excluding hydrogens is 138 g/mol. The first kappa shape index (κ1) is 5.13. The second kappa shape index (κ2) is 1.37. The molecule has 0 radical (unpaired) electrons. The predicted molar refractivity (Wildman–Crippen MR) is 43.5 cm³/mol. The zero-order valence-corrected chi connectivity index (χ0v) is 5.74. The molecule has 2 heteroatoms. The van der Waals surface area contributed by atoms with E-state index in [-0.39, 0.29) is 5.43 Å². The Hall–Kier alpha value is -1.57. The van der Waals surface area contributed by atoms with E-state index in [4.69, 9.17) is 0 Å². The van der Waals surface area contributed by atoms with Gasteiger partial charge in [0.1, 0.15) is 0 Å². The highest BCUT2D eigenvalue weighted by Gasteiger charge is 2.16. The van der Waals surface area contributed by atoms with Gasteiger partial charge in [-0.05, 0) is 12.1 Å². The van der Waals surface area contributed by atoms with Crippen molar-refractivity contribution >= 4 is 16.3 Å². The maximum atomic E-state index is 10.9. The third kappa shape index (κ3) is 0.463. The van der Waals surface area contributed by atoms with E-state index in [9.17, 15) is 4.79 Å². The average molecular weight is 143 g/mol. The molecule has 2 heterocycles. The van der Waals surface area contributed by atoms with Gasteiger partial charge in [-0.3, -0.25) is 4.79 Å². The van der Waals surface area contributed by atoms with E-state index in [0.717, 1.165) is 16.3 Å². The van der Waals surface area contributed by atoms with E-state index in [0.29, 0.717) is 0 Å². The quantitative estimate of drug-likeness (QED) is 0.465. The Morgan fingerprint density at radius 3 is 3.09 bits per heavy atom. The van der Waals surface area contributed by atoms with Gasteiger partial charge in [0, 0.05) is 12.4 Å². The van der Waals surface area contributed by atoms with Crippen LogP contribution in [0.3, 0.4) is 0 Å². The van der Waals surface area contributed by atoms with Crippen molar-refractivity contribution in [3.63, 3.8) is 0 Å². The zero-order chi connectivity index (χ0) is 7.42. The third-order valence-corrected chi connectivity index (χ3v) is 2.09. The normalized spacial score (nSPS) is 12.0. The summed E-state index contributed by atoms with van der Waals surface area (Å²) in [6, 6.07) is 5.86. The van der Waals surface area contributed by atoms with E-state index in [2.05, 4.69) is 0 Å². The molecule has 0 aliphatic rings. The van der Waals surface area contributed by atoms with Crippen LogP contribution in [0, 0.1) is 0 Å². The molecule has 2 nitrogen and oxygen atoms in total. The molecule has 1 aromatic carbocycles. The predicted octanol–water partition coefficient (Wildman–Crippen LogP) is 1.33. The van der Waals surface area contributed by atoms with Crippen LogP contribution in [0.15, 0.2) is 35.4 Å². The van der Waals surface area contributed by atoms with E-state index < -0.39 is 0 Å². The maximum absolute atomic E-state index is 10.9. The van der Waals surface area contributed by atoms with Gasteiger partial charge in [-0.25, -0.2) is 0 Å². The molecule has 0 fully saturated rings. The van der Waals surface area contributed by atoms with Crippen LogP contribution < -0.4 is 5.43 Å². The van der Waals surface area contributed by atoms with Gasteiger partial charge in [0.25, 0.3) is 0 Å². The Morgan fingerprint density at radius 1 is 1.27 bits per heavy atom. The second-order valence-electron chi connectivity index (χ2n) is 2.74. The summed E-state index contributed by atoms with van der Waals surface area (Å²) in [6.07, 6.45) is 3.84. The SMILES string of the molecule is O=c1c2cn3ccccc3c12. The first-order valence-electron chi connectivity index (χ1n) is 3.52. The number of nitrogens with zero attached hydrogens (tertiary/aromatic N) is 1. The molecule has 0 saturated heterocycles. The summed E-state index contributed by atoms with van der Waals surface area (Å²) in [6.45, 7) is 0. The number of hydrogen-bond donors (Lipinski definition) is 0. The van der Waals surface area contributed by atoms with Crippen LogP contribution in [-0.4, -0.2) is 4.40 Å². The van der Waals surface area contributed by atoms with Gasteiger partial charge in [0.05, 0.1) is 16.3 Å². The van der Waals surface area contributed by atoms with Crippen molar-refractivity contribution in [3.8, 4) is 0 Å². The Bertz CT molecular complexity index is 552. The number of aromatic nitrogens is 1. The minimum Gasteiger partial charge on any atom is -0.322 e. The maximum Gasteiger partial charge on any atom is 0.198 e. The first-order chi connectivity index (χ1) is 5.38. The van der Waals surface area contributed by atoms with Gasteiger partial charge >= 0.3 is 0 Å². The molecule has 0 aliphatic carbocycles. The van der Waals surface area contributed by atoms with Crippen LogP contribution in [0.1, 0.15) is 0 Å². The summed E-state index contributed by atoms with van der Waals surface area (Å²) in [4.78, 5) is 10.9. The Labute approximate surface area is 62.4 Å². The Morgan fingerprint density at radius 2 is 2.18 bits per heavy atom. The fourth-order valence-electron chi connectivity index (χ4n) is 1.48. The largest absolute Gasteiger partial charge is 0.322 e. The molecule has 0 aliphatic heterocycles. The van der Waals surface area contributed by atoms with E-state index in [1.54, 1.807) is 0 Å². The lowest BCUT2D eigenvalue weighted by Gasteiger charge is -1.90. The van der Waals surface area contributed by atoms with Crippen LogP contribution in [0.4, 0.5) is 0 Å². The fourth-order valence-corrected chi connectivity index (χ4v) is 1.48. The molecule has 0 bridgehead atoms. The summed E-state index contributed by atoms with van der Waals surface area (Å²) in [7, 11) is 0. The fraction of sp³-hybridized carbons (Fsp3) is 0. The monoisotopic (exact) mass is 143 g/mol. The van der Waals surface area contributed by atoms with Gasteiger partial charge in [-0.2, -0.15) is 0 Å². The molecule has 0 spiro atoms. The highest BCUT2D eigenvalue weighted by Crippen LogP contribution is 2.22. The van der Waals surface area contributed by atoms with Gasteiger partial charge in [0.2, 0.25) is 0 Å². The van der Waals surface area contributed by atoms with Crippen molar-refractivity contribution < 1.29 is 0 Å². The summed E-state index contributed by atoms with van der Waals surface area (Å²) in [5.41, 5.74) is 1.25. The second-order valence-corrected chi connectivity index (χ2v) is 2.74. The molecular formula is C9H5NO. The van der Waals surface area contributed by atoms with Crippen LogP contribution in [0.25, 0.3) is 16.3 Å². The summed E-state index contributed by atoms with van der Waals surface area (Å²) in [5.74, 6) is 0. The molecule has 2 aromatic heterocycles. The number of pyridine rings is 2. The van der Waals surface area contributed by atoms with Crippen molar-refractivity contribution in [2.24, 2.45) is 0 Å². The molecule has 3 aromatic rings. The Kier molecular flexibility index (Phi) is 0.639. The zero-order valence-electron chi connectivity index (χ0n) is 5.74. The lowest BCUT2D eigenvalue weighted by atomic mass is 10.4. The van der Waals surface area contributed by atoms with Gasteiger partial charge in [-0.15, -0.1) is 0 Å². The summed E-state index contributed by atoms with van der Waals surface area (Å²) < 4.78 is 1.98. The van der Waals surface area contributed by atoms with Crippen molar-refractivity contribution in [2.45, 2.75) is 0 Å². The van der Waals surface area contributed by atoms with Crippen molar-refractivity contribution in [1.29, 1.82) is 0 Å². The molecule has 0 amide bonds. The molecule has 0 unspecified atom stereocenters. The van der Waals surface area contributed by atoms with E-state index in [1.807, 2.05) is 35.0 Å². The minimum atomic E-state index is 0.219. The lowest BCUT2D eigenvalue weighted by Crippen LogP contribution is -1.84. The number of rotatable bonds is 0. The molecule has 0 atom stereocenters. The molecule has 52 valence electrons. The molecule has 0 N–H and O–H groups in total. The van der Waals surface area contributed by atoms with Gasteiger partial charge in [-0.1, -0.05) is 6.07 Å². The van der Waals surface area contributed by atoms with Crippen molar-refractivity contribution in [1.82, 2.24) is 4.40 Å². The van der Waals surface area contributed by atoms with Gasteiger partial charge < -0.3 is 4.40 Å². The van der Waals surface area contributed by atoms with Crippen LogP contribution in [0.2, 0.25) is 0 Å². The molecule has 0 saturated carbocycles. The van der Waals surface area contributed by atoms with Crippen molar-refractivity contribution in [2.75, 3.05) is 0 Å². The molecule has 11 heavy (non-hydrogen) atoms. The topological polar surface area (TPSA) is 21.5 Å². The van der Waals surface area contributed by atoms with Gasteiger partial charge in [0.15, 0.2) is 5.43 Å². The van der Waals surface area contributed by atoms with Crippen LogP contribution >= 0.6 is 0 Å². The summed E-state index contributed by atoms with van der Waals surface area (Å²) >= 11 is 0. The lowest BCUT2D eigenvalue weighted by molar-refractivity contribution is 1.20. The highest BCUT2D eigenvalue weighted by molar-refractivity contribution is 6.09. The first-order valence-corrected chi connectivity index (χ1v) is 3.52. The third-order valence-electron chi connectivity index (χ3n) is 2.09. The smallest absolute Gasteiger partial charge is 0.198 e. The number of fused-ring (bicyclic) bond motifs is 3. The van der Waals surface area contributed by atoms with Crippen LogP contribution in [-0.2, 0) is 0 Å². The standard InChI is InChI=1S/C9H5NO/c11-9-6-5-10-4-2-1-3-7(10)8(6)9/h1-5H. The Balaban J connectivity index is 2.70. The summed E-state index contributed by atoms with van der Waals surface area (Å²) in [5, 5.41) is 1.79. The number of hydrogen-bond acceptors (Lipinski definition) is 1. The van der Waals surface area contributed by atoms with Crippen molar-refractivity contribution in [3.05, 3.63) is 40.8 Å². The highest BCUT2D eigenvalue weighted by atomic mass is 16.1. The van der Waals surface area contributed by atoms with Crippen LogP contribution in [0.5, 0.6) is 0 Å². The average Bonchev–Trinajstić information content (AvgIpc) is 2.55. The van der Waals surface area contributed by atoms with E-state index in [1.165, 1.54) is 0 Å². The minimum absolute atomic E-state index is 0.219. The molecule has 3 rings (SSSR count).